The van der Waals surface area contributed by atoms with E-state index >= 15 is 0 Å². The molecule has 1 atom stereocenters. The number of rotatable bonds is 5. The fourth-order valence-electron chi connectivity index (χ4n) is 3.43. The van der Waals surface area contributed by atoms with E-state index in [4.69, 9.17) is 9.47 Å². The maximum atomic E-state index is 12.3. The summed E-state index contributed by atoms with van der Waals surface area (Å²) in [4.78, 5) is 25.9. The third-order valence-electron chi connectivity index (χ3n) is 4.82. The van der Waals surface area contributed by atoms with Crippen LogP contribution in [0.25, 0.3) is 0 Å². The second-order valence-electron chi connectivity index (χ2n) is 7.52. The minimum atomic E-state index is -0.289. The van der Waals surface area contributed by atoms with Gasteiger partial charge in [0, 0.05) is 18.6 Å². The molecule has 0 aliphatic carbocycles. The van der Waals surface area contributed by atoms with E-state index in [9.17, 15) is 9.59 Å². The first kappa shape index (κ1) is 18.6. The van der Waals surface area contributed by atoms with Gasteiger partial charge in [-0.15, -0.1) is 0 Å². The Balaban J connectivity index is 2.05. The van der Waals surface area contributed by atoms with E-state index < -0.39 is 0 Å². The van der Waals surface area contributed by atoms with Gasteiger partial charge in [0.05, 0.1) is 12.3 Å². The summed E-state index contributed by atoms with van der Waals surface area (Å²) in [6.07, 6.45) is 5.47. The van der Waals surface area contributed by atoms with Crippen molar-refractivity contribution < 1.29 is 19.1 Å². The van der Waals surface area contributed by atoms with Crippen LogP contribution in [0.5, 0.6) is 5.75 Å². The summed E-state index contributed by atoms with van der Waals surface area (Å²) in [5.41, 5.74) is 2.58. The largest absolute Gasteiger partial charge is 0.465 e. The maximum Gasteiger partial charge on any atom is 0.258 e. The molecular formula is C21H27NO4. The molecule has 0 radical (unpaired) electrons. The predicted octanol–water partition coefficient (Wildman–Crippen LogP) is 4.27. The monoisotopic (exact) mass is 357 g/mol. The van der Waals surface area contributed by atoms with Crippen LogP contribution in [0.1, 0.15) is 69.9 Å². The van der Waals surface area contributed by atoms with Crippen LogP contribution in [0.3, 0.4) is 0 Å². The van der Waals surface area contributed by atoms with Gasteiger partial charge in [0.1, 0.15) is 5.75 Å². The van der Waals surface area contributed by atoms with E-state index in [0.29, 0.717) is 5.69 Å². The number of imide groups is 1. The van der Waals surface area contributed by atoms with Gasteiger partial charge >= 0.3 is 0 Å². The molecule has 2 heterocycles. The van der Waals surface area contributed by atoms with Gasteiger partial charge in [0.25, 0.3) is 11.8 Å². The normalized spacial score (nSPS) is 20.5. The maximum absolute atomic E-state index is 12.3. The first-order valence-corrected chi connectivity index (χ1v) is 9.40. The number of carbonyl (C=O) groups is 2. The molecule has 5 heteroatoms. The molecule has 0 spiro atoms. The van der Waals surface area contributed by atoms with Crippen LogP contribution in [0.15, 0.2) is 24.3 Å². The zero-order chi connectivity index (χ0) is 18.8. The third kappa shape index (κ3) is 3.68. The minimum Gasteiger partial charge on any atom is -0.465 e. The number of amides is 2. The molecule has 0 aromatic heterocycles. The van der Waals surface area contributed by atoms with E-state index in [1.165, 1.54) is 17.1 Å². The zero-order valence-corrected chi connectivity index (χ0v) is 16.0. The molecule has 2 amide bonds. The number of nitrogens with zero attached hydrogens (tertiary/aromatic N) is 1. The molecule has 1 aromatic rings. The van der Waals surface area contributed by atoms with Crippen molar-refractivity contribution in [3.8, 4) is 5.75 Å². The molecule has 1 saturated heterocycles. The molecule has 5 nitrogen and oxygen atoms in total. The van der Waals surface area contributed by atoms with Gasteiger partial charge in [-0.05, 0) is 47.9 Å². The molecule has 140 valence electrons. The van der Waals surface area contributed by atoms with E-state index in [1.54, 1.807) is 0 Å². The van der Waals surface area contributed by atoms with E-state index in [1.807, 2.05) is 12.1 Å². The lowest BCUT2D eigenvalue weighted by atomic mass is 9.91. The smallest absolute Gasteiger partial charge is 0.258 e. The highest BCUT2D eigenvalue weighted by molar-refractivity contribution is 6.28. The van der Waals surface area contributed by atoms with Crippen molar-refractivity contribution in [2.45, 2.75) is 65.1 Å². The minimum absolute atomic E-state index is 0.138. The van der Waals surface area contributed by atoms with Crippen LogP contribution in [-0.4, -0.2) is 24.7 Å². The van der Waals surface area contributed by atoms with Gasteiger partial charge < -0.3 is 9.47 Å². The van der Waals surface area contributed by atoms with Crippen molar-refractivity contribution in [2.24, 2.45) is 0 Å². The van der Waals surface area contributed by atoms with E-state index in [2.05, 4.69) is 27.7 Å². The van der Waals surface area contributed by atoms with Crippen molar-refractivity contribution >= 4 is 17.5 Å². The van der Waals surface area contributed by atoms with Gasteiger partial charge in [-0.3, -0.25) is 9.59 Å². The molecule has 1 unspecified atom stereocenters. The summed E-state index contributed by atoms with van der Waals surface area (Å²) in [6, 6.07) is 3.89. The Bertz CT molecular complexity index is 683. The fraction of sp³-hybridized carbons (Fsp3) is 0.524. The molecular weight excluding hydrogens is 330 g/mol. The van der Waals surface area contributed by atoms with E-state index in [0.717, 1.165) is 42.7 Å². The second kappa shape index (κ2) is 7.62. The number of ether oxygens (including phenoxy) is 2. The van der Waals surface area contributed by atoms with Gasteiger partial charge in [-0.25, -0.2) is 4.90 Å². The SMILES string of the molecule is CC(C)c1cc(OC2CCCCO2)cc(C(C)C)c1N1C(=O)C=CC1=O. The lowest BCUT2D eigenvalue weighted by Crippen LogP contribution is -2.32. The van der Waals surface area contributed by atoms with Crippen LogP contribution in [0.4, 0.5) is 5.69 Å². The Morgan fingerprint density at radius 1 is 1.00 bits per heavy atom. The topological polar surface area (TPSA) is 55.8 Å². The van der Waals surface area contributed by atoms with E-state index in [-0.39, 0.29) is 29.9 Å². The fourth-order valence-corrected chi connectivity index (χ4v) is 3.43. The standard InChI is InChI=1S/C21H27NO4/c1-13(2)16-11-15(26-20-7-5-6-10-25-20)12-17(14(3)4)21(16)22-18(23)8-9-19(22)24/h8-9,11-14,20H,5-7,10H2,1-4H3. The van der Waals surface area contributed by atoms with Crippen molar-refractivity contribution in [3.63, 3.8) is 0 Å². The van der Waals surface area contributed by atoms with Gasteiger partial charge in [-0.2, -0.15) is 0 Å². The summed E-state index contributed by atoms with van der Waals surface area (Å²) in [6.45, 7) is 8.95. The zero-order valence-electron chi connectivity index (χ0n) is 16.0. The predicted molar refractivity (Wildman–Crippen MR) is 100 cm³/mol. The summed E-state index contributed by atoms with van der Waals surface area (Å²) in [5.74, 6) is 0.435. The number of hydrogen-bond donors (Lipinski definition) is 0. The molecule has 0 N–H and O–H groups in total. The second-order valence-corrected chi connectivity index (χ2v) is 7.52. The molecule has 3 rings (SSSR count). The van der Waals surface area contributed by atoms with Crippen LogP contribution >= 0.6 is 0 Å². The summed E-state index contributed by atoms with van der Waals surface area (Å²) >= 11 is 0. The summed E-state index contributed by atoms with van der Waals surface area (Å²) in [7, 11) is 0. The van der Waals surface area contributed by atoms with Crippen molar-refractivity contribution in [1.29, 1.82) is 0 Å². The number of benzene rings is 1. The molecule has 2 aliphatic rings. The molecule has 1 fully saturated rings. The average molecular weight is 357 g/mol. The Morgan fingerprint density at radius 2 is 1.58 bits per heavy atom. The molecule has 1 aromatic carbocycles. The average Bonchev–Trinajstić information content (AvgIpc) is 2.93. The number of hydrogen-bond acceptors (Lipinski definition) is 4. The van der Waals surface area contributed by atoms with Crippen LogP contribution in [0.2, 0.25) is 0 Å². The lowest BCUT2D eigenvalue weighted by molar-refractivity contribution is -0.120. The first-order chi connectivity index (χ1) is 12.4. The number of anilines is 1. The summed E-state index contributed by atoms with van der Waals surface area (Å²) < 4.78 is 11.8. The van der Waals surface area contributed by atoms with Gasteiger partial charge in [0.15, 0.2) is 6.29 Å². The van der Waals surface area contributed by atoms with Crippen LogP contribution < -0.4 is 9.64 Å². The molecule has 26 heavy (non-hydrogen) atoms. The Morgan fingerprint density at radius 3 is 2.04 bits per heavy atom. The van der Waals surface area contributed by atoms with Crippen molar-refractivity contribution in [3.05, 3.63) is 35.4 Å². The lowest BCUT2D eigenvalue weighted by Gasteiger charge is -2.28. The van der Waals surface area contributed by atoms with Crippen molar-refractivity contribution in [2.75, 3.05) is 11.5 Å². The van der Waals surface area contributed by atoms with Crippen molar-refractivity contribution in [1.82, 2.24) is 0 Å². The van der Waals surface area contributed by atoms with Gasteiger partial charge in [-0.1, -0.05) is 27.7 Å². The highest BCUT2D eigenvalue weighted by Crippen LogP contribution is 2.40. The third-order valence-corrected chi connectivity index (χ3v) is 4.82. The quantitative estimate of drug-likeness (QED) is 0.739. The molecule has 2 aliphatic heterocycles. The highest BCUT2D eigenvalue weighted by Gasteiger charge is 2.31. The Kier molecular flexibility index (Phi) is 5.47. The Hall–Kier alpha value is -2.14. The van der Waals surface area contributed by atoms with Crippen LogP contribution in [-0.2, 0) is 14.3 Å². The molecule has 0 bridgehead atoms. The number of carbonyl (C=O) groups excluding carboxylic acids is 2. The van der Waals surface area contributed by atoms with Gasteiger partial charge in [0.2, 0.25) is 0 Å². The van der Waals surface area contributed by atoms with Crippen LogP contribution in [0, 0.1) is 0 Å². The highest BCUT2D eigenvalue weighted by atomic mass is 16.7. The summed E-state index contributed by atoms with van der Waals surface area (Å²) in [5, 5.41) is 0. The first-order valence-electron chi connectivity index (χ1n) is 9.40. The molecule has 0 saturated carbocycles. The Labute approximate surface area is 155 Å².